The Morgan fingerprint density at radius 3 is 2.19 bits per heavy atom. The second-order valence-corrected chi connectivity index (χ2v) is 13.1. The minimum absolute atomic E-state index is 0.567. The lowest BCUT2D eigenvalue weighted by molar-refractivity contribution is 0.668. The molecule has 0 bridgehead atoms. The summed E-state index contributed by atoms with van der Waals surface area (Å²) in [7, 11) is 0. The fourth-order valence-electron chi connectivity index (χ4n) is 7.77. The number of amidine groups is 2. The summed E-state index contributed by atoms with van der Waals surface area (Å²) in [5.74, 6) is 1.25. The molecule has 10 aromatic rings. The molecule has 6 nitrogen and oxygen atoms in total. The second-order valence-electron chi connectivity index (χ2n) is 13.1. The van der Waals surface area contributed by atoms with Gasteiger partial charge in [-0.3, -0.25) is 9.98 Å². The maximum Gasteiger partial charge on any atom is 0.136 e. The number of benzene rings is 7. The standard InChI is InChI=1S/C46H27N4O2/c1-2-12-28(13-3-1)44-48-45(34-18-9-21-39-42(34)33-16-6-7-19-37(33)51-39)50-46(49-44)43-30-15-5-4-11-27(30)22-23-32(43)31-17-8-20-38-41(31)35-26-36-29(14-10-24-47-36)25-40(35)52-38/h1-26,45H/q-1. The van der Waals surface area contributed by atoms with Crippen molar-refractivity contribution in [2.45, 2.75) is 6.17 Å². The third-order valence-electron chi connectivity index (χ3n) is 10.1. The second kappa shape index (κ2) is 11.2. The molecule has 7 aromatic carbocycles. The highest BCUT2D eigenvalue weighted by atomic mass is 16.3. The van der Waals surface area contributed by atoms with E-state index in [2.05, 4.69) is 96.0 Å². The highest BCUT2D eigenvalue weighted by Gasteiger charge is 2.23. The van der Waals surface area contributed by atoms with Gasteiger partial charge in [-0.2, -0.15) is 0 Å². The molecule has 0 N–H and O–H groups in total. The van der Waals surface area contributed by atoms with Crippen molar-refractivity contribution in [1.29, 1.82) is 0 Å². The number of pyridine rings is 1. The van der Waals surface area contributed by atoms with Crippen LogP contribution in [0, 0.1) is 0 Å². The van der Waals surface area contributed by atoms with E-state index in [9.17, 15) is 0 Å². The molecular formula is C46H27N4O2-. The normalized spacial score (nSPS) is 14.7. The average molecular weight is 668 g/mol. The SMILES string of the molecule is c1ccc(C2=NC(c3cccc4oc5ccccc5c34)[N-]C(c3c(-c4cccc5oc6cc7cccnc7cc6c45)ccc4ccccc34)=N2)cc1. The molecule has 1 aliphatic rings. The number of hydrogen-bond acceptors (Lipinski definition) is 5. The van der Waals surface area contributed by atoms with Gasteiger partial charge in [0.1, 0.15) is 22.3 Å². The quantitative estimate of drug-likeness (QED) is 0.187. The molecule has 52 heavy (non-hydrogen) atoms. The molecule has 0 amide bonds. The van der Waals surface area contributed by atoms with Crippen molar-refractivity contribution in [3.63, 3.8) is 0 Å². The Hall–Kier alpha value is -7.05. The van der Waals surface area contributed by atoms with E-state index in [1.54, 1.807) is 0 Å². The van der Waals surface area contributed by atoms with E-state index in [0.717, 1.165) is 93.4 Å². The first kappa shape index (κ1) is 28.8. The molecule has 1 aliphatic heterocycles. The predicted molar refractivity (Wildman–Crippen MR) is 211 cm³/mol. The minimum Gasteiger partial charge on any atom is -0.456 e. The number of nitrogens with zero attached hydrogens (tertiary/aromatic N) is 4. The van der Waals surface area contributed by atoms with Crippen molar-refractivity contribution in [2.75, 3.05) is 0 Å². The molecule has 6 heteroatoms. The first-order valence-corrected chi connectivity index (χ1v) is 17.3. The van der Waals surface area contributed by atoms with Crippen molar-refractivity contribution in [3.8, 4) is 11.1 Å². The fraction of sp³-hybridized carbons (Fsp3) is 0.0217. The Bertz CT molecular complexity index is 3120. The zero-order valence-electron chi connectivity index (χ0n) is 27.7. The molecule has 0 spiro atoms. The third-order valence-corrected chi connectivity index (χ3v) is 10.1. The van der Waals surface area contributed by atoms with Crippen LogP contribution in [0.5, 0.6) is 0 Å². The Labute approximate surface area is 297 Å². The van der Waals surface area contributed by atoms with E-state index in [-0.39, 0.29) is 0 Å². The zero-order chi connectivity index (χ0) is 34.2. The maximum atomic E-state index is 6.50. The summed E-state index contributed by atoms with van der Waals surface area (Å²) >= 11 is 0. The van der Waals surface area contributed by atoms with E-state index in [4.69, 9.17) is 24.1 Å². The Morgan fingerprint density at radius 1 is 0.519 bits per heavy atom. The van der Waals surface area contributed by atoms with Gasteiger partial charge in [0.05, 0.1) is 17.5 Å². The summed E-state index contributed by atoms with van der Waals surface area (Å²) in [6.45, 7) is 0. The number of furan rings is 2. The summed E-state index contributed by atoms with van der Waals surface area (Å²) in [6.07, 6.45) is 1.26. The molecule has 0 radical (unpaired) electrons. The topological polar surface area (TPSA) is 78.0 Å². The highest BCUT2D eigenvalue weighted by molar-refractivity contribution is 6.27. The van der Waals surface area contributed by atoms with Crippen LogP contribution in [0.3, 0.4) is 0 Å². The van der Waals surface area contributed by atoms with Gasteiger partial charge in [0.15, 0.2) is 0 Å². The lowest BCUT2D eigenvalue weighted by atomic mass is 9.90. The molecule has 0 fully saturated rings. The van der Waals surface area contributed by atoms with E-state index in [0.29, 0.717) is 11.7 Å². The number of fused-ring (bicyclic) bond motifs is 8. The summed E-state index contributed by atoms with van der Waals surface area (Å²) in [5.41, 5.74) is 9.07. The number of aliphatic imine (C=N–C) groups is 2. The van der Waals surface area contributed by atoms with E-state index in [1.807, 2.05) is 66.9 Å². The molecule has 0 saturated carbocycles. The number of aromatic nitrogens is 1. The molecular weight excluding hydrogens is 641 g/mol. The van der Waals surface area contributed by atoms with Crippen molar-refractivity contribution in [2.24, 2.45) is 9.98 Å². The Balaban J connectivity index is 1.18. The first-order valence-electron chi connectivity index (χ1n) is 17.3. The fourth-order valence-corrected chi connectivity index (χ4v) is 7.77. The molecule has 244 valence electrons. The van der Waals surface area contributed by atoms with Crippen LogP contribution >= 0.6 is 0 Å². The van der Waals surface area contributed by atoms with Gasteiger partial charge in [-0.1, -0.05) is 121 Å². The largest absolute Gasteiger partial charge is 0.456 e. The van der Waals surface area contributed by atoms with Crippen LogP contribution in [0.4, 0.5) is 0 Å². The average Bonchev–Trinajstić information content (AvgIpc) is 3.77. The van der Waals surface area contributed by atoms with Crippen LogP contribution in [0.25, 0.3) is 82.0 Å². The van der Waals surface area contributed by atoms with Crippen molar-refractivity contribution < 1.29 is 8.83 Å². The molecule has 0 aliphatic carbocycles. The van der Waals surface area contributed by atoms with Gasteiger partial charge in [0, 0.05) is 33.1 Å². The van der Waals surface area contributed by atoms with Gasteiger partial charge in [0.25, 0.3) is 0 Å². The van der Waals surface area contributed by atoms with Crippen molar-refractivity contribution in [1.82, 2.24) is 4.98 Å². The molecule has 1 atom stereocenters. The van der Waals surface area contributed by atoms with E-state index < -0.39 is 6.17 Å². The molecule has 11 rings (SSSR count). The van der Waals surface area contributed by atoms with Crippen LogP contribution in [0.2, 0.25) is 0 Å². The zero-order valence-corrected chi connectivity index (χ0v) is 27.7. The van der Waals surface area contributed by atoms with Crippen LogP contribution in [0.15, 0.2) is 177 Å². The smallest absolute Gasteiger partial charge is 0.136 e. The Morgan fingerprint density at radius 2 is 1.27 bits per heavy atom. The van der Waals surface area contributed by atoms with Crippen molar-refractivity contribution in [3.05, 3.63) is 180 Å². The number of hydrogen-bond donors (Lipinski definition) is 0. The maximum absolute atomic E-state index is 6.50. The predicted octanol–water partition coefficient (Wildman–Crippen LogP) is 12.1. The van der Waals surface area contributed by atoms with Gasteiger partial charge in [-0.05, 0) is 75.0 Å². The number of para-hydroxylation sites is 1. The first-order chi connectivity index (χ1) is 25.8. The van der Waals surface area contributed by atoms with Gasteiger partial charge < -0.3 is 19.1 Å². The third kappa shape index (κ3) is 4.41. The number of rotatable bonds is 4. The lowest BCUT2D eigenvalue weighted by Crippen LogP contribution is -2.17. The highest BCUT2D eigenvalue weighted by Crippen LogP contribution is 2.44. The van der Waals surface area contributed by atoms with E-state index in [1.165, 1.54) is 0 Å². The van der Waals surface area contributed by atoms with Crippen LogP contribution < -0.4 is 0 Å². The summed E-state index contributed by atoms with van der Waals surface area (Å²) in [6, 6.07) is 51.7. The molecule has 4 heterocycles. The van der Waals surface area contributed by atoms with Crippen LogP contribution in [-0.2, 0) is 0 Å². The summed E-state index contributed by atoms with van der Waals surface area (Å²) in [5, 5.41) is 12.7. The minimum atomic E-state index is -0.567. The molecule has 3 aromatic heterocycles. The molecule has 0 saturated heterocycles. The van der Waals surface area contributed by atoms with Gasteiger partial charge >= 0.3 is 0 Å². The van der Waals surface area contributed by atoms with Gasteiger partial charge in [-0.25, -0.2) is 0 Å². The Kier molecular flexibility index (Phi) is 6.21. The van der Waals surface area contributed by atoms with Gasteiger partial charge in [0.2, 0.25) is 0 Å². The van der Waals surface area contributed by atoms with E-state index >= 15 is 0 Å². The summed E-state index contributed by atoms with van der Waals surface area (Å²) in [4.78, 5) is 15.2. The van der Waals surface area contributed by atoms with Crippen LogP contribution in [-0.4, -0.2) is 16.7 Å². The summed E-state index contributed by atoms with van der Waals surface area (Å²) < 4.78 is 12.8. The van der Waals surface area contributed by atoms with Crippen LogP contribution in [0.1, 0.15) is 22.9 Å². The van der Waals surface area contributed by atoms with Crippen molar-refractivity contribution >= 4 is 77.2 Å². The molecule has 1 unspecified atom stereocenters. The monoisotopic (exact) mass is 667 g/mol. The lowest BCUT2D eigenvalue weighted by Gasteiger charge is -2.34. The van der Waals surface area contributed by atoms with Gasteiger partial charge in [-0.15, -0.1) is 0 Å².